The fraction of sp³-hybridized carbons (Fsp3) is 0.143. The zero-order chi connectivity index (χ0) is 7.56. The van der Waals surface area contributed by atoms with Crippen molar-refractivity contribution in [2.75, 3.05) is 0 Å². The SMILES string of the molecule is C=Cc1cn(C)nc1C=O. The molecule has 1 aromatic rings. The van der Waals surface area contributed by atoms with Gasteiger partial charge in [0.25, 0.3) is 0 Å². The Balaban J connectivity index is 3.20. The van der Waals surface area contributed by atoms with Crippen LogP contribution in [-0.2, 0) is 7.05 Å². The minimum atomic E-state index is 0.442. The number of rotatable bonds is 2. The van der Waals surface area contributed by atoms with Crippen molar-refractivity contribution in [3.8, 4) is 0 Å². The molecule has 0 aromatic carbocycles. The molecule has 52 valence electrons. The van der Waals surface area contributed by atoms with Crippen molar-refractivity contribution < 1.29 is 4.79 Å². The Labute approximate surface area is 59.0 Å². The molecule has 0 unspecified atom stereocenters. The monoisotopic (exact) mass is 136 g/mol. The van der Waals surface area contributed by atoms with Crippen molar-refractivity contribution in [3.63, 3.8) is 0 Å². The molecule has 0 bridgehead atoms. The molecule has 0 saturated heterocycles. The predicted molar refractivity (Wildman–Crippen MR) is 38.7 cm³/mol. The van der Waals surface area contributed by atoms with Crippen LogP contribution in [0.3, 0.4) is 0 Å². The Morgan fingerprint density at radius 3 is 2.90 bits per heavy atom. The highest BCUT2D eigenvalue weighted by molar-refractivity contribution is 5.78. The minimum Gasteiger partial charge on any atom is -0.296 e. The highest BCUT2D eigenvalue weighted by Crippen LogP contribution is 2.03. The molecule has 0 saturated carbocycles. The molecule has 0 radical (unpaired) electrons. The lowest BCUT2D eigenvalue weighted by Gasteiger charge is -1.79. The third kappa shape index (κ3) is 0.978. The molecular weight excluding hydrogens is 128 g/mol. The van der Waals surface area contributed by atoms with Gasteiger partial charge in [0.15, 0.2) is 6.29 Å². The molecule has 0 spiro atoms. The van der Waals surface area contributed by atoms with Gasteiger partial charge in [0.05, 0.1) is 0 Å². The first kappa shape index (κ1) is 6.74. The fourth-order valence-electron chi connectivity index (χ4n) is 0.773. The predicted octanol–water partition coefficient (Wildman–Crippen LogP) is 0.876. The van der Waals surface area contributed by atoms with Crippen molar-refractivity contribution in [2.24, 2.45) is 7.05 Å². The van der Waals surface area contributed by atoms with Crippen LogP contribution in [0.15, 0.2) is 12.8 Å². The maximum Gasteiger partial charge on any atom is 0.170 e. The Morgan fingerprint density at radius 2 is 2.50 bits per heavy atom. The largest absolute Gasteiger partial charge is 0.296 e. The third-order valence-corrected chi connectivity index (χ3v) is 1.22. The van der Waals surface area contributed by atoms with E-state index in [-0.39, 0.29) is 0 Å². The van der Waals surface area contributed by atoms with Gasteiger partial charge in [0.1, 0.15) is 5.69 Å². The van der Waals surface area contributed by atoms with Crippen LogP contribution >= 0.6 is 0 Å². The summed E-state index contributed by atoms with van der Waals surface area (Å²) >= 11 is 0. The Morgan fingerprint density at radius 1 is 1.80 bits per heavy atom. The summed E-state index contributed by atoms with van der Waals surface area (Å²) in [6.07, 6.45) is 4.07. The molecule has 1 aromatic heterocycles. The van der Waals surface area contributed by atoms with Gasteiger partial charge >= 0.3 is 0 Å². The van der Waals surface area contributed by atoms with E-state index >= 15 is 0 Å². The van der Waals surface area contributed by atoms with E-state index in [9.17, 15) is 4.79 Å². The highest BCUT2D eigenvalue weighted by atomic mass is 16.1. The highest BCUT2D eigenvalue weighted by Gasteiger charge is 2.00. The lowest BCUT2D eigenvalue weighted by atomic mass is 10.3. The normalized spacial score (nSPS) is 9.30. The van der Waals surface area contributed by atoms with Crippen LogP contribution in [0.1, 0.15) is 16.1 Å². The summed E-state index contributed by atoms with van der Waals surface area (Å²) in [5.41, 5.74) is 1.22. The van der Waals surface area contributed by atoms with Gasteiger partial charge in [-0.15, -0.1) is 0 Å². The molecule has 0 amide bonds. The molecule has 0 fully saturated rings. The number of hydrogen-bond donors (Lipinski definition) is 0. The van der Waals surface area contributed by atoms with Crippen molar-refractivity contribution in [1.82, 2.24) is 9.78 Å². The second-order valence-electron chi connectivity index (χ2n) is 1.97. The fourth-order valence-corrected chi connectivity index (χ4v) is 0.773. The van der Waals surface area contributed by atoms with E-state index in [1.807, 2.05) is 0 Å². The number of carbonyl (C=O) groups excluding carboxylic acids is 1. The van der Waals surface area contributed by atoms with E-state index < -0.39 is 0 Å². The summed E-state index contributed by atoms with van der Waals surface area (Å²) in [4.78, 5) is 10.3. The van der Waals surface area contributed by atoms with Gasteiger partial charge in [-0.2, -0.15) is 5.10 Å². The number of carbonyl (C=O) groups is 1. The Bertz CT molecular complexity index is 237. The lowest BCUT2D eigenvalue weighted by Crippen LogP contribution is -1.88. The first-order valence-corrected chi connectivity index (χ1v) is 2.89. The molecule has 0 N–H and O–H groups in total. The Hall–Kier alpha value is -1.38. The summed E-state index contributed by atoms with van der Waals surface area (Å²) in [7, 11) is 1.76. The average Bonchev–Trinajstić information content (AvgIpc) is 2.30. The van der Waals surface area contributed by atoms with Crippen molar-refractivity contribution in [2.45, 2.75) is 0 Å². The summed E-state index contributed by atoms with van der Waals surface area (Å²) in [5, 5.41) is 3.88. The second kappa shape index (κ2) is 2.47. The van der Waals surface area contributed by atoms with Crippen LogP contribution in [0.5, 0.6) is 0 Å². The number of nitrogens with zero attached hydrogens (tertiary/aromatic N) is 2. The van der Waals surface area contributed by atoms with Gasteiger partial charge in [-0.1, -0.05) is 12.7 Å². The number of aldehydes is 1. The van der Waals surface area contributed by atoms with Gasteiger partial charge in [0.2, 0.25) is 0 Å². The van der Waals surface area contributed by atoms with Gasteiger partial charge in [0, 0.05) is 18.8 Å². The van der Waals surface area contributed by atoms with Gasteiger partial charge in [-0.3, -0.25) is 9.48 Å². The van der Waals surface area contributed by atoms with Crippen LogP contribution in [0, 0.1) is 0 Å². The first-order valence-electron chi connectivity index (χ1n) is 2.89. The zero-order valence-electron chi connectivity index (χ0n) is 5.74. The molecule has 10 heavy (non-hydrogen) atoms. The standard InChI is InChI=1S/C7H8N2O/c1-3-6-4-9(2)8-7(6)5-10/h3-5H,1H2,2H3. The number of hydrogen-bond acceptors (Lipinski definition) is 2. The van der Waals surface area contributed by atoms with E-state index in [1.165, 1.54) is 0 Å². The molecule has 1 heterocycles. The summed E-state index contributed by atoms with van der Waals surface area (Å²) in [6, 6.07) is 0. The molecule has 0 aliphatic rings. The summed E-state index contributed by atoms with van der Waals surface area (Å²) in [6.45, 7) is 3.54. The average molecular weight is 136 g/mol. The van der Waals surface area contributed by atoms with Crippen molar-refractivity contribution >= 4 is 12.4 Å². The Kier molecular flexibility index (Phi) is 1.67. The van der Waals surface area contributed by atoms with Gasteiger partial charge in [-0.25, -0.2) is 0 Å². The van der Waals surface area contributed by atoms with Crippen molar-refractivity contribution in [1.29, 1.82) is 0 Å². The quantitative estimate of drug-likeness (QED) is 0.565. The maximum absolute atomic E-state index is 10.3. The van der Waals surface area contributed by atoms with E-state index in [0.717, 1.165) is 11.8 Å². The van der Waals surface area contributed by atoms with Gasteiger partial charge < -0.3 is 0 Å². The van der Waals surface area contributed by atoms with Gasteiger partial charge in [-0.05, 0) is 0 Å². The lowest BCUT2D eigenvalue weighted by molar-refractivity contribution is 0.111. The zero-order valence-corrected chi connectivity index (χ0v) is 5.74. The van der Waals surface area contributed by atoms with Crippen LogP contribution in [0.4, 0.5) is 0 Å². The topological polar surface area (TPSA) is 34.9 Å². The first-order chi connectivity index (χ1) is 4.77. The van der Waals surface area contributed by atoms with Crippen LogP contribution in [0.25, 0.3) is 6.08 Å². The summed E-state index contributed by atoms with van der Waals surface area (Å²) < 4.78 is 1.58. The molecule has 3 nitrogen and oxygen atoms in total. The minimum absolute atomic E-state index is 0.442. The van der Waals surface area contributed by atoms with Crippen molar-refractivity contribution in [3.05, 3.63) is 24.0 Å². The molecule has 3 heteroatoms. The summed E-state index contributed by atoms with van der Waals surface area (Å²) in [5.74, 6) is 0. The van der Waals surface area contributed by atoms with E-state index in [2.05, 4.69) is 11.7 Å². The third-order valence-electron chi connectivity index (χ3n) is 1.22. The molecule has 1 rings (SSSR count). The molecule has 0 aliphatic heterocycles. The molecule has 0 atom stereocenters. The molecule has 0 aliphatic carbocycles. The maximum atomic E-state index is 10.3. The smallest absolute Gasteiger partial charge is 0.170 e. The van der Waals surface area contributed by atoms with Crippen LogP contribution < -0.4 is 0 Å². The molecular formula is C7H8N2O. The van der Waals surface area contributed by atoms with Crippen LogP contribution in [-0.4, -0.2) is 16.1 Å². The van der Waals surface area contributed by atoms with E-state index in [4.69, 9.17) is 0 Å². The van der Waals surface area contributed by atoms with E-state index in [1.54, 1.807) is 24.0 Å². The number of aryl methyl sites for hydroxylation is 1. The van der Waals surface area contributed by atoms with Crippen LogP contribution in [0.2, 0.25) is 0 Å². The van der Waals surface area contributed by atoms with E-state index in [0.29, 0.717) is 5.69 Å². The number of aromatic nitrogens is 2. The second-order valence-corrected chi connectivity index (χ2v) is 1.97.